The summed E-state index contributed by atoms with van der Waals surface area (Å²) in [6, 6.07) is 0. The zero-order valence-corrected chi connectivity index (χ0v) is 8.87. The molecule has 2 heterocycles. The Bertz CT molecular complexity index is 478. The molecule has 3 rings (SSSR count). The maximum atomic E-state index is 13.4. The molecule has 0 N–H and O–H groups in total. The first-order valence-corrected chi connectivity index (χ1v) is 5.16. The lowest BCUT2D eigenvalue weighted by Gasteiger charge is -2.11. The van der Waals surface area contributed by atoms with Crippen molar-refractivity contribution >= 4 is 23.5 Å². The standard InChI is InChI=1S/C9H7ClFN3O2/c10-7-12-3-5(11)6(13-7)14-4-9(1-2-9)16-8(14)15/h3H,1-2,4H2. The number of aromatic nitrogens is 2. The number of carbonyl (C=O) groups excluding carboxylic acids is 1. The predicted molar refractivity (Wildman–Crippen MR) is 52.8 cm³/mol. The highest BCUT2D eigenvalue weighted by Crippen LogP contribution is 2.45. The molecular formula is C9H7ClFN3O2. The van der Waals surface area contributed by atoms with Crippen LogP contribution in [0.25, 0.3) is 0 Å². The van der Waals surface area contributed by atoms with Crippen molar-refractivity contribution in [3.63, 3.8) is 0 Å². The summed E-state index contributed by atoms with van der Waals surface area (Å²) in [5.41, 5.74) is -0.416. The lowest BCUT2D eigenvalue weighted by molar-refractivity contribution is 0.129. The van der Waals surface area contributed by atoms with Crippen molar-refractivity contribution in [2.45, 2.75) is 18.4 Å². The lowest BCUT2D eigenvalue weighted by Crippen LogP contribution is -2.27. The van der Waals surface area contributed by atoms with E-state index in [-0.39, 0.29) is 11.1 Å². The SMILES string of the molecule is O=C1OC2(CC2)CN1c1nc(Cl)ncc1F. The molecule has 0 atom stereocenters. The molecular weight excluding hydrogens is 237 g/mol. The van der Waals surface area contributed by atoms with Gasteiger partial charge in [-0.15, -0.1) is 0 Å². The first-order valence-electron chi connectivity index (χ1n) is 4.78. The zero-order chi connectivity index (χ0) is 11.3. The van der Waals surface area contributed by atoms with Gasteiger partial charge < -0.3 is 4.74 Å². The molecule has 0 aromatic carbocycles. The Morgan fingerprint density at radius 3 is 2.94 bits per heavy atom. The number of carbonyl (C=O) groups is 1. The van der Waals surface area contributed by atoms with E-state index < -0.39 is 17.5 Å². The van der Waals surface area contributed by atoms with E-state index in [0.29, 0.717) is 6.54 Å². The van der Waals surface area contributed by atoms with Crippen molar-refractivity contribution < 1.29 is 13.9 Å². The molecule has 0 unspecified atom stereocenters. The third-order valence-corrected chi connectivity index (χ3v) is 2.91. The van der Waals surface area contributed by atoms with Gasteiger partial charge in [-0.3, -0.25) is 4.90 Å². The number of nitrogens with zero attached hydrogens (tertiary/aromatic N) is 3. The minimum Gasteiger partial charge on any atom is -0.441 e. The van der Waals surface area contributed by atoms with Crippen molar-refractivity contribution in [1.82, 2.24) is 9.97 Å². The zero-order valence-electron chi connectivity index (χ0n) is 8.11. The molecule has 1 amide bonds. The quantitative estimate of drug-likeness (QED) is 0.706. The second-order valence-electron chi connectivity index (χ2n) is 3.95. The van der Waals surface area contributed by atoms with E-state index in [1.54, 1.807) is 0 Å². The number of anilines is 1. The summed E-state index contributed by atoms with van der Waals surface area (Å²) < 4.78 is 18.6. The third kappa shape index (κ3) is 1.41. The van der Waals surface area contributed by atoms with E-state index in [1.807, 2.05) is 0 Å². The van der Waals surface area contributed by atoms with Gasteiger partial charge in [0, 0.05) is 0 Å². The highest BCUT2D eigenvalue weighted by molar-refractivity contribution is 6.28. The smallest absolute Gasteiger partial charge is 0.416 e. The number of rotatable bonds is 1. The molecule has 2 fully saturated rings. The van der Waals surface area contributed by atoms with Gasteiger partial charge in [-0.1, -0.05) is 0 Å². The van der Waals surface area contributed by atoms with Crippen molar-refractivity contribution in [2.24, 2.45) is 0 Å². The second-order valence-corrected chi connectivity index (χ2v) is 4.29. The highest BCUT2D eigenvalue weighted by atomic mass is 35.5. The topological polar surface area (TPSA) is 55.3 Å². The van der Waals surface area contributed by atoms with Crippen molar-refractivity contribution in [2.75, 3.05) is 11.4 Å². The van der Waals surface area contributed by atoms with Gasteiger partial charge in [-0.25, -0.2) is 14.2 Å². The molecule has 84 valence electrons. The molecule has 7 heteroatoms. The van der Waals surface area contributed by atoms with Crippen molar-refractivity contribution in [1.29, 1.82) is 0 Å². The van der Waals surface area contributed by atoms with Gasteiger partial charge in [0.05, 0.1) is 12.7 Å². The minimum atomic E-state index is -0.681. The molecule has 5 nitrogen and oxygen atoms in total. The van der Waals surface area contributed by atoms with Crippen LogP contribution >= 0.6 is 11.6 Å². The van der Waals surface area contributed by atoms with E-state index in [0.717, 1.165) is 23.9 Å². The summed E-state index contributed by atoms with van der Waals surface area (Å²) in [6.45, 7) is 0.329. The molecule has 0 bridgehead atoms. The van der Waals surface area contributed by atoms with E-state index in [2.05, 4.69) is 9.97 Å². The Morgan fingerprint density at radius 1 is 1.56 bits per heavy atom. The van der Waals surface area contributed by atoms with Gasteiger partial charge in [0.1, 0.15) is 5.60 Å². The molecule has 2 aliphatic rings. The molecule has 1 aliphatic heterocycles. The van der Waals surface area contributed by atoms with Crippen LogP contribution in [0.1, 0.15) is 12.8 Å². The molecule has 1 saturated carbocycles. The highest BCUT2D eigenvalue weighted by Gasteiger charge is 2.55. The van der Waals surface area contributed by atoms with E-state index in [9.17, 15) is 9.18 Å². The fraction of sp³-hybridized carbons (Fsp3) is 0.444. The molecule has 1 aromatic heterocycles. The van der Waals surface area contributed by atoms with Crippen LogP contribution in [-0.4, -0.2) is 28.2 Å². The average Bonchev–Trinajstić information content (AvgIpc) is 2.89. The van der Waals surface area contributed by atoms with Crippen LogP contribution in [0.5, 0.6) is 0 Å². The summed E-state index contributed by atoms with van der Waals surface area (Å²) in [5, 5.41) is -0.0963. The Labute approximate surface area is 95.2 Å². The summed E-state index contributed by atoms with van der Waals surface area (Å²) in [4.78, 5) is 19.9. The fourth-order valence-corrected chi connectivity index (χ4v) is 1.84. The molecule has 1 aromatic rings. The number of amides is 1. The number of hydrogen-bond donors (Lipinski definition) is 0. The second kappa shape index (κ2) is 3.04. The number of hydrogen-bond acceptors (Lipinski definition) is 4. The molecule has 0 radical (unpaired) electrons. The predicted octanol–water partition coefficient (Wildman–Crippen LogP) is 1.76. The lowest BCUT2D eigenvalue weighted by atomic mass is 10.3. The number of ether oxygens (including phenoxy) is 1. The Balaban J connectivity index is 1.97. The molecule has 1 saturated heterocycles. The van der Waals surface area contributed by atoms with Crippen molar-refractivity contribution in [3.8, 4) is 0 Å². The van der Waals surface area contributed by atoms with Crippen molar-refractivity contribution in [3.05, 3.63) is 17.3 Å². The monoisotopic (exact) mass is 243 g/mol. The fourth-order valence-electron chi connectivity index (χ4n) is 1.71. The summed E-state index contributed by atoms with van der Waals surface area (Å²) in [6.07, 6.45) is 1.99. The average molecular weight is 244 g/mol. The maximum absolute atomic E-state index is 13.4. The van der Waals surface area contributed by atoms with Gasteiger partial charge in [-0.2, -0.15) is 4.98 Å². The normalized spacial score (nSPS) is 21.4. The van der Waals surface area contributed by atoms with E-state index in [1.165, 1.54) is 0 Å². The van der Waals surface area contributed by atoms with Crippen LogP contribution in [0.3, 0.4) is 0 Å². The van der Waals surface area contributed by atoms with Crippen LogP contribution in [0.2, 0.25) is 5.28 Å². The largest absolute Gasteiger partial charge is 0.441 e. The van der Waals surface area contributed by atoms with Gasteiger partial charge in [-0.05, 0) is 24.4 Å². The Morgan fingerprint density at radius 2 is 2.31 bits per heavy atom. The summed E-state index contributed by atoms with van der Waals surface area (Å²) in [7, 11) is 0. The van der Waals surface area contributed by atoms with E-state index in [4.69, 9.17) is 16.3 Å². The number of halogens is 2. The molecule has 1 spiro atoms. The minimum absolute atomic E-state index is 0.0963. The molecule has 16 heavy (non-hydrogen) atoms. The summed E-state index contributed by atoms with van der Waals surface area (Å²) >= 11 is 5.56. The maximum Gasteiger partial charge on any atom is 0.416 e. The molecule has 1 aliphatic carbocycles. The van der Waals surface area contributed by atoms with Crippen LogP contribution in [0.4, 0.5) is 15.0 Å². The first-order chi connectivity index (χ1) is 7.60. The summed E-state index contributed by atoms with van der Waals surface area (Å²) in [5.74, 6) is -0.798. The van der Waals surface area contributed by atoms with Gasteiger partial charge in [0.25, 0.3) is 0 Å². The van der Waals surface area contributed by atoms with Crippen LogP contribution < -0.4 is 4.90 Å². The van der Waals surface area contributed by atoms with Gasteiger partial charge in [0.15, 0.2) is 11.6 Å². The van der Waals surface area contributed by atoms with Crippen LogP contribution in [-0.2, 0) is 4.74 Å². The third-order valence-electron chi connectivity index (χ3n) is 2.73. The van der Waals surface area contributed by atoms with Gasteiger partial charge in [0.2, 0.25) is 5.28 Å². The van der Waals surface area contributed by atoms with Crippen LogP contribution in [0, 0.1) is 5.82 Å². The first kappa shape index (κ1) is 9.77. The van der Waals surface area contributed by atoms with E-state index >= 15 is 0 Å². The Hall–Kier alpha value is -1.43. The van der Waals surface area contributed by atoms with Gasteiger partial charge >= 0.3 is 6.09 Å². The van der Waals surface area contributed by atoms with Crippen LogP contribution in [0.15, 0.2) is 6.20 Å². The Kier molecular flexibility index (Phi) is 1.85.